The molecule has 2 aromatic heterocycles. The lowest BCUT2D eigenvalue weighted by Crippen LogP contribution is -2.13. The number of aromatic nitrogens is 3. The minimum atomic E-state index is -0.339. The Morgan fingerprint density at radius 1 is 0.844 bits per heavy atom. The van der Waals surface area contributed by atoms with E-state index in [-0.39, 0.29) is 11.2 Å². The molecule has 0 unspecified atom stereocenters. The summed E-state index contributed by atoms with van der Waals surface area (Å²) in [6, 6.07) is 26.4. The van der Waals surface area contributed by atoms with Gasteiger partial charge < -0.3 is 0 Å². The molecule has 3 aromatic carbocycles. The zero-order valence-corrected chi connectivity index (χ0v) is 18.2. The predicted octanol–water partition coefficient (Wildman–Crippen LogP) is 7.02. The first-order valence-electron chi connectivity index (χ1n) is 9.79. The Labute approximate surface area is 192 Å². The maximum atomic E-state index is 13.3. The maximum absolute atomic E-state index is 13.3. The van der Waals surface area contributed by atoms with Gasteiger partial charge in [0.25, 0.3) is 0 Å². The van der Waals surface area contributed by atoms with Crippen LogP contribution < -0.4 is 5.56 Å². The largest absolute Gasteiger partial charge is 0.301 e. The minimum Gasteiger partial charge on any atom is -0.286 e. The van der Waals surface area contributed by atoms with E-state index in [9.17, 15) is 4.79 Å². The Morgan fingerprint density at radius 3 is 2.22 bits per heavy atom. The number of nitrogens with one attached hydrogen (secondary N) is 1. The molecule has 0 saturated heterocycles. The van der Waals surface area contributed by atoms with E-state index in [0.717, 1.165) is 16.8 Å². The second-order valence-corrected chi connectivity index (χ2v) is 8.12. The van der Waals surface area contributed by atoms with Gasteiger partial charge in [-0.05, 0) is 12.1 Å². The van der Waals surface area contributed by atoms with Crippen molar-refractivity contribution in [3.63, 3.8) is 0 Å². The van der Waals surface area contributed by atoms with Crippen LogP contribution in [0.3, 0.4) is 0 Å². The van der Waals surface area contributed by atoms with Crippen LogP contribution >= 0.6 is 22.9 Å². The quantitative estimate of drug-likeness (QED) is 0.288. The molecule has 0 aliphatic rings. The molecular weight excluding hydrogens is 442 g/mol. The zero-order valence-electron chi connectivity index (χ0n) is 16.6. The number of H-pyrrole nitrogens is 1. The fourth-order valence-electron chi connectivity index (χ4n) is 3.21. The summed E-state index contributed by atoms with van der Waals surface area (Å²) in [6.07, 6.45) is 0. The highest BCUT2D eigenvalue weighted by Crippen LogP contribution is 2.31. The van der Waals surface area contributed by atoms with E-state index in [1.54, 1.807) is 12.1 Å². The van der Waals surface area contributed by atoms with Gasteiger partial charge in [-0.15, -0.1) is 21.6 Å². The van der Waals surface area contributed by atoms with Gasteiger partial charge >= 0.3 is 5.56 Å². The van der Waals surface area contributed by atoms with Gasteiger partial charge in [0.2, 0.25) is 5.13 Å². The van der Waals surface area contributed by atoms with Gasteiger partial charge in [-0.2, -0.15) is 4.68 Å². The molecular formula is C24H16ClN5OS. The fourth-order valence-corrected chi connectivity index (χ4v) is 4.17. The molecule has 0 saturated carbocycles. The molecule has 0 amide bonds. The van der Waals surface area contributed by atoms with E-state index in [0.29, 0.717) is 21.5 Å². The summed E-state index contributed by atoms with van der Waals surface area (Å²) in [5.74, 6) is 0. The summed E-state index contributed by atoms with van der Waals surface area (Å²) in [4.78, 5) is 18.0. The fraction of sp³-hybridized carbons (Fsp3) is 0. The van der Waals surface area contributed by atoms with Gasteiger partial charge in [0.15, 0.2) is 5.69 Å². The highest BCUT2D eigenvalue weighted by atomic mass is 35.5. The topological polar surface area (TPSA) is 75.4 Å². The van der Waals surface area contributed by atoms with Crippen molar-refractivity contribution >= 4 is 34.3 Å². The van der Waals surface area contributed by atoms with Crippen LogP contribution in [0.1, 0.15) is 0 Å². The van der Waals surface area contributed by atoms with Crippen LogP contribution in [-0.2, 0) is 0 Å². The summed E-state index contributed by atoms with van der Waals surface area (Å²) in [7, 11) is 0. The first-order chi connectivity index (χ1) is 15.7. The lowest BCUT2D eigenvalue weighted by molar-refractivity contribution is 0.843. The third kappa shape index (κ3) is 3.91. The summed E-state index contributed by atoms with van der Waals surface area (Å²) in [5, 5.41) is 14.6. The van der Waals surface area contributed by atoms with Crippen molar-refractivity contribution in [2.45, 2.75) is 0 Å². The summed E-state index contributed by atoms with van der Waals surface area (Å²) in [5.41, 5.74) is 3.49. The number of benzene rings is 3. The third-order valence-electron chi connectivity index (χ3n) is 4.79. The maximum Gasteiger partial charge on any atom is 0.301 e. The molecule has 2 heterocycles. The number of hydrogen-bond acceptors (Lipinski definition) is 5. The molecule has 156 valence electrons. The Hall–Kier alpha value is -3.81. The van der Waals surface area contributed by atoms with Crippen LogP contribution in [0.2, 0.25) is 5.02 Å². The number of rotatable bonds is 5. The standard InChI is InChI=1S/C24H16ClN5OS/c25-18-13-7-8-14-19(18)27-28-22-21(17-11-5-2-6-12-17)29-30(23(22)31)24-26-20(15-32-24)16-9-3-1-4-10-16/h1-15,29H. The average Bonchev–Trinajstić information content (AvgIpc) is 3.45. The van der Waals surface area contributed by atoms with Crippen molar-refractivity contribution in [3.8, 4) is 27.6 Å². The van der Waals surface area contributed by atoms with Crippen molar-refractivity contribution in [1.82, 2.24) is 14.8 Å². The van der Waals surface area contributed by atoms with E-state index in [4.69, 9.17) is 11.6 Å². The molecule has 8 heteroatoms. The minimum absolute atomic E-state index is 0.188. The first-order valence-corrected chi connectivity index (χ1v) is 11.0. The number of hydrogen-bond donors (Lipinski definition) is 1. The number of halogens is 1. The number of azo groups is 1. The SMILES string of the molecule is O=c1c(N=Nc2ccccc2Cl)c(-c2ccccc2)[nH]n1-c1nc(-c2ccccc2)cs1. The van der Waals surface area contributed by atoms with Crippen molar-refractivity contribution < 1.29 is 0 Å². The normalized spacial score (nSPS) is 11.3. The van der Waals surface area contributed by atoms with E-state index in [1.807, 2.05) is 78.2 Å². The molecule has 1 N–H and O–H groups in total. The Kier molecular flexibility index (Phi) is 5.49. The van der Waals surface area contributed by atoms with E-state index >= 15 is 0 Å². The molecule has 32 heavy (non-hydrogen) atoms. The van der Waals surface area contributed by atoms with Crippen molar-refractivity contribution in [3.05, 3.63) is 106 Å². The van der Waals surface area contributed by atoms with Gasteiger partial charge in [0, 0.05) is 16.5 Å². The van der Waals surface area contributed by atoms with Gasteiger partial charge in [-0.25, -0.2) is 4.98 Å². The lowest BCUT2D eigenvalue weighted by atomic mass is 10.1. The Balaban J connectivity index is 1.62. The van der Waals surface area contributed by atoms with E-state index in [1.165, 1.54) is 16.0 Å². The average molecular weight is 458 g/mol. The molecule has 0 spiro atoms. The number of nitrogens with zero attached hydrogens (tertiary/aromatic N) is 4. The molecule has 0 atom stereocenters. The van der Waals surface area contributed by atoms with Crippen LogP contribution in [0.25, 0.3) is 27.6 Å². The Bertz CT molecular complexity index is 1450. The third-order valence-corrected chi connectivity index (χ3v) is 5.94. The van der Waals surface area contributed by atoms with Crippen LogP contribution in [-0.4, -0.2) is 14.8 Å². The molecule has 5 rings (SSSR count). The van der Waals surface area contributed by atoms with Crippen molar-refractivity contribution in [2.75, 3.05) is 0 Å². The Morgan fingerprint density at radius 2 is 1.50 bits per heavy atom. The van der Waals surface area contributed by atoms with Crippen LogP contribution in [0, 0.1) is 0 Å². The van der Waals surface area contributed by atoms with Crippen LogP contribution in [0.5, 0.6) is 0 Å². The van der Waals surface area contributed by atoms with Crippen LogP contribution in [0.4, 0.5) is 11.4 Å². The van der Waals surface area contributed by atoms with E-state index in [2.05, 4.69) is 20.3 Å². The number of thiazole rings is 1. The molecule has 6 nitrogen and oxygen atoms in total. The van der Waals surface area contributed by atoms with Gasteiger partial charge in [0.05, 0.1) is 16.4 Å². The first kappa shape index (κ1) is 20.1. The van der Waals surface area contributed by atoms with Gasteiger partial charge in [-0.1, -0.05) is 84.4 Å². The smallest absolute Gasteiger partial charge is 0.286 e. The highest BCUT2D eigenvalue weighted by Gasteiger charge is 2.19. The van der Waals surface area contributed by atoms with E-state index < -0.39 is 0 Å². The second-order valence-electron chi connectivity index (χ2n) is 6.87. The van der Waals surface area contributed by atoms with Crippen molar-refractivity contribution in [1.29, 1.82) is 0 Å². The lowest BCUT2D eigenvalue weighted by Gasteiger charge is -1.99. The molecule has 5 aromatic rings. The predicted molar refractivity (Wildman–Crippen MR) is 129 cm³/mol. The summed E-state index contributed by atoms with van der Waals surface area (Å²) < 4.78 is 1.40. The monoisotopic (exact) mass is 457 g/mol. The van der Waals surface area contributed by atoms with Crippen molar-refractivity contribution in [2.24, 2.45) is 10.2 Å². The molecule has 0 radical (unpaired) electrons. The van der Waals surface area contributed by atoms with Gasteiger partial charge in [-0.3, -0.25) is 9.89 Å². The summed E-state index contributed by atoms with van der Waals surface area (Å²) in [6.45, 7) is 0. The van der Waals surface area contributed by atoms with Gasteiger partial charge in [0.1, 0.15) is 5.69 Å². The zero-order chi connectivity index (χ0) is 21.9. The highest BCUT2D eigenvalue weighted by molar-refractivity contribution is 7.12. The number of aromatic amines is 1. The molecule has 0 aliphatic carbocycles. The summed E-state index contributed by atoms with van der Waals surface area (Å²) >= 11 is 7.57. The molecule has 0 aliphatic heterocycles. The second kappa shape index (κ2) is 8.74. The molecule has 0 bridgehead atoms. The molecule has 0 fully saturated rings. The van der Waals surface area contributed by atoms with Crippen LogP contribution in [0.15, 0.2) is 105 Å².